The van der Waals surface area contributed by atoms with Gasteiger partial charge in [-0.25, -0.2) is 4.79 Å². The minimum Gasteiger partial charge on any atom is -0.451 e. The van der Waals surface area contributed by atoms with Crippen molar-refractivity contribution in [2.24, 2.45) is 7.05 Å². The van der Waals surface area contributed by atoms with Gasteiger partial charge in [-0.15, -0.1) is 11.3 Å². The Balaban J connectivity index is 1.54. The normalized spacial score (nSPS) is 15.9. The number of hydrogen-bond donors (Lipinski definition) is 1. The van der Waals surface area contributed by atoms with E-state index in [-0.39, 0.29) is 18.6 Å². The van der Waals surface area contributed by atoms with Crippen LogP contribution >= 0.6 is 11.3 Å². The third-order valence-corrected chi connectivity index (χ3v) is 5.03. The number of carbonyl (C=O) groups is 2. The summed E-state index contributed by atoms with van der Waals surface area (Å²) in [4.78, 5) is 24.0. The fourth-order valence-electron chi connectivity index (χ4n) is 2.97. The number of fused-ring (bicyclic) bond motifs is 1. The van der Waals surface area contributed by atoms with Gasteiger partial charge in [-0.05, 0) is 30.4 Å². The summed E-state index contributed by atoms with van der Waals surface area (Å²) in [6.45, 7) is -0.214. The SMILES string of the molecule is Cn1c(C(=O)OCC(=O)NC2CCCCC2)cc2sccc21. The zero-order valence-corrected chi connectivity index (χ0v) is 13.4. The Hall–Kier alpha value is -1.82. The fraction of sp³-hybridized carbons (Fsp3) is 0.500. The van der Waals surface area contributed by atoms with Crippen molar-refractivity contribution in [2.75, 3.05) is 6.61 Å². The van der Waals surface area contributed by atoms with Crippen molar-refractivity contribution in [2.45, 2.75) is 38.1 Å². The first kappa shape index (κ1) is 15.1. The molecule has 1 amide bonds. The predicted octanol–water partition coefficient (Wildman–Crippen LogP) is 2.85. The maximum absolute atomic E-state index is 12.1. The van der Waals surface area contributed by atoms with Crippen LogP contribution in [0.25, 0.3) is 10.2 Å². The lowest BCUT2D eigenvalue weighted by atomic mass is 9.95. The molecule has 0 spiro atoms. The largest absolute Gasteiger partial charge is 0.451 e. The van der Waals surface area contributed by atoms with Crippen LogP contribution in [0.1, 0.15) is 42.6 Å². The van der Waals surface area contributed by atoms with E-state index < -0.39 is 5.97 Å². The Kier molecular flexibility index (Phi) is 4.47. The second-order valence-electron chi connectivity index (χ2n) is 5.74. The summed E-state index contributed by atoms with van der Waals surface area (Å²) >= 11 is 1.58. The summed E-state index contributed by atoms with van der Waals surface area (Å²) < 4.78 is 7.99. The van der Waals surface area contributed by atoms with Gasteiger partial charge in [0.25, 0.3) is 5.91 Å². The maximum Gasteiger partial charge on any atom is 0.355 e. The van der Waals surface area contributed by atoms with Crippen molar-refractivity contribution in [1.29, 1.82) is 0 Å². The molecule has 0 aliphatic heterocycles. The first-order chi connectivity index (χ1) is 10.6. The van der Waals surface area contributed by atoms with E-state index in [1.165, 1.54) is 6.42 Å². The molecule has 0 radical (unpaired) electrons. The lowest BCUT2D eigenvalue weighted by molar-refractivity contribution is -0.125. The van der Waals surface area contributed by atoms with Crippen LogP contribution < -0.4 is 5.32 Å². The fourth-order valence-corrected chi connectivity index (χ4v) is 3.82. The maximum atomic E-state index is 12.1. The van der Waals surface area contributed by atoms with Gasteiger partial charge in [-0.1, -0.05) is 19.3 Å². The van der Waals surface area contributed by atoms with Gasteiger partial charge < -0.3 is 14.6 Å². The molecule has 0 atom stereocenters. The number of carbonyl (C=O) groups excluding carboxylic acids is 2. The predicted molar refractivity (Wildman–Crippen MR) is 86.1 cm³/mol. The number of ether oxygens (including phenoxy) is 1. The average molecular weight is 320 g/mol. The molecule has 2 aromatic heterocycles. The van der Waals surface area contributed by atoms with Gasteiger partial charge in [-0.2, -0.15) is 0 Å². The van der Waals surface area contributed by atoms with Crippen molar-refractivity contribution in [3.63, 3.8) is 0 Å². The van der Waals surface area contributed by atoms with E-state index in [1.54, 1.807) is 22.0 Å². The molecule has 22 heavy (non-hydrogen) atoms. The van der Waals surface area contributed by atoms with Crippen molar-refractivity contribution in [3.05, 3.63) is 23.2 Å². The van der Waals surface area contributed by atoms with Crippen LogP contribution in [-0.4, -0.2) is 29.1 Å². The molecule has 1 aliphatic rings. The van der Waals surface area contributed by atoms with E-state index in [1.807, 2.05) is 18.5 Å². The number of rotatable bonds is 4. The molecular weight excluding hydrogens is 300 g/mol. The second-order valence-corrected chi connectivity index (χ2v) is 6.68. The summed E-state index contributed by atoms with van der Waals surface area (Å²) in [6.07, 6.45) is 5.60. The van der Waals surface area contributed by atoms with Crippen LogP contribution in [0.3, 0.4) is 0 Å². The molecule has 118 valence electrons. The molecular formula is C16H20N2O3S. The molecule has 1 fully saturated rings. The standard InChI is InChI=1S/C16H20N2O3S/c1-18-12-7-8-22-14(12)9-13(18)16(20)21-10-15(19)17-11-5-3-2-4-6-11/h7-9,11H,2-6,10H2,1H3,(H,17,19). The van der Waals surface area contributed by atoms with E-state index in [0.717, 1.165) is 35.9 Å². The van der Waals surface area contributed by atoms with Gasteiger partial charge in [0.1, 0.15) is 5.69 Å². The summed E-state index contributed by atoms with van der Waals surface area (Å²) in [5.74, 6) is -0.666. The summed E-state index contributed by atoms with van der Waals surface area (Å²) in [5, 5.41) is 4.92. The monoisotopic (exact) mass is 320 g/mol. The highest BCUT2D eigenvalue weighted by atomic mass is 32.1. The minimum absolute atomic E-state index is 0.212. The Morgan fingerprint density at radius 3 is 2.86 bits per heavy atom. The molecule has 6 heteroatoms. The Bertz CT molecular complexity index is 683. The summed E-state index contributed by atoms with van der Waals surface area (Å²) in [7, 11) is 1.83. The van der Waals surface area contributed by atoms with Gasteiger partial charge in [0.15, 0.2) is 6.61 Å². The molecule has 1 N–H and O–H groups in total. The van der Waals surface area contributed by atoms with Crippen LogP contribution in [0.5, 0.6) is 0 Å². The number of amides is 1. The number of hydrogen-bond acceptors (Lipinski definition) is 4. The first-order valence-corrected chi connectivity index (χ1v) is 8.52. The summed E-state index contributed by atoms with van der Waals surface area (Å²) in [6, 6.07) is 4.01. The molecule has 0 aromatic carbocycles. The lowest BCUT2D eigenvalue weighted by Gasteiger charge is -2.22. The zero-order chi connectivity index (χ0) is 15.5. The molecule has 3 rings (SSSR count). The minimum atomic E-state index is -0.454. The molecule has 0 bridgehead atoms. The highest BCUT2D eigenvalue weighted by molar-refractivity contribution is 7.17. The van der Waals surface area contributed by atoms with Crippen LogP contribution in [-0.2, 0) is 16.6 Å². The Labute approximate surface area is 133 Å². The summed E-state index contributed by atoms with van der Waals surface area (Å²) in [5.41, 5.74) is 1.48. The third-order valence-electron chi connectivity index (χ3n) is 4.18. The zero-order valence-electron chi connectivity index (χ0n) is 12.6. The molecule has 0 saturated heterocycles. The number of nitrogens with zero attached hydrogens (tertiary/aromatic N) is 1. The molecule has 1 aliphatic carbocycles. The molecule has 2 aromatic rings. The molecule has 5 nitrogen and oxygen atoms in total. The quantitative estimate of drug-likeness (QED) is 0.881. The number of thiophene rings is 1. The van der Waals surface area contributed by atoms with Crippen molar-refractivity contribution >= 4 is 33.4 Å². The van der Waals surface area contributed by atoms with Gasteiger partial charge in [-0.3, -0.25) is 4.79 Å². The van der Waals surface area contributed by atoms with E-state index in [4.69, 9.17) is 4.74 Å². The van der Waals surface area contributed by atoms with Gasteiger partial charge in [0.05, 0.1) is 10.2 Å². The van der Waals surface area contributed by atoms with Crippen LogP contribution in [0.2, 0.25) is 0 Å². The number of aromatic nitrogens is 1. The van der Waals surface area contributed by atoms with Crippen LogP contribution in [0, 0.1) is 0 Å². The highest BCUT2D eigenvalue weighted by Gasteiger charge is 2.19. The van der Waals surface area contributed by atoms with Gasteiger partial charge in [0.2, 0.25) is 0 Å². The van der Waals surface area contributed by atoms with Crippen LogP contribution in [0.15, 0.2) is 17.5 Å². The van der Waals surface area contributed by atoms with Gasteiger partial charge in [0, 0.05) is 13.1 Å². The number of nitrogens with one attached hydrogen (secondary N) is 1. The van der Waals surface area contributed by atoms with Crippen molar-refractivity contribution in [3.8, 4) is 0 Å². The average Bonchev–Trinajstić information content (AvgIpc) is 3.09. The van der Waals surface area contributed by atoms with Crippen molar-refractivity contribution in [1.82, 2.24) is 9.88 Å². The Morgan fingerprint density at radius 1 is 1.36 bits per heavy atom. The highest BCUT2D eigenvalue weighted by Crippen LogP contribution is 2.24. The number of esters is 1. The molecule has 1 saturated carbocycles. The van der Waals surface area contributed by atoms with E-state index in [9.17, 15) is 9.59 Å². The second kappa shape index (κ2) is 6.52. The third kappa shape index (κ3) is 3.16. The van der Waals surface area contributed by atoms with E-state index in [2.05, 4.69) is 5.32 Å². The lowest BCUT2D eigenvalue weighted by Crippen LogP contribution is -2.38. The molecule has 2 heterocycles. The molecule has 0 unspecified atom stereocenters. The topological polar surface area (TPSA) is 60.3 Å². The number of aryl methyl sites for hydroxylation is 1. The smallest absolute Gasteiger partial charge is 0.355 e. The van der Waals surface area contributed by atoms with Crippen LogP contribution in [0.4, 0.5) is 0 Å². The van der Waals surface area contributed by atoms with Gasteiger partial charge >= 0.3 is 5.97 Å². The van der Waals surface area contributed by atoms with E-state index >= 15 is 0 Å². The Morgan fingerprint density at radius 2 is 2.14 bits per heavy atom. The first-order valence-electron chi connectivity index (χ1n) is 7.64. The van der Waals surface area contributed by atoms with E-state index in [0.29, 0.717) is 5.69 Å². The van der Waals surface area contributed by atoms with Crippen molar-refractivity contribution < 1.29 is 14.3 Å².